The lowest BCUT2D eigenvalue weighted by atomic mass is 10.0. The van der Waals surface area contributed by atoms with Crippen molar-refractivity contribution in [3.63, 3.8) is 0 Å². The predicted molar refractivity (Wildman–Crippen MR) is 112 cm³/mol. The fourth-order valence-corrected chi connectivity index (χ4v) is 4.66. The highest BCUT2D eigenvalue weighted by molar-refractivity contribution is 5.94. The Balaban J connectivity index is 1.41. The van der Waals surface area contributed by atoms with Crippen LogP contribution in [0.3, 0.4) is 0 Å². The molecule has 2 unspecified atom stereocenters. The zero-order valence-corrected chi connectivity index (χ0v) is 16.3. The number of likely N-dealkylation sites (tertiary alicyclic amines) is 1. The van der Waals surface area contributed by atoms with Gasteiger partial charge in [0.05, 0.1) is 0 Å². The van der Waals surface area contributed by atoms with E-state index in [0.717, 1.165) is 38.8 Å². The second-order valence-electron chi connectivity index (χ2n) is 7.95. The zero-order valence-electron chi connectivity index (χ0n) is 16.3. The Morgan fingerprint density at radius 1 is 1.23 bits per heavy atom. The van der Waals surface area contributed by atoms with E-state index in [0.29, 0.717) is 17.9 Å². The second-order valence-corrected chi connectivity index (χ2v) is 7.95. The number of nitrogen functional groups attached to an aromatic ring is 1. The first-order chi connectivity index (χ1) is 14.5. The number of pyridine rings is 1. The molecule has 2 aliphatic heterocycles. The van der Waals surface area contributed by atoms with Crippen molar-refractivity contribution < 1.29 is 9.90 Å². The van der Waals surface area contributed by atoms with E-state index in [1.165, 1.54) is 5.56 Å². The lowest BCUT2D eigenvalue weighted by molar-refractivity contribution is 0.0695. The quantitative estimate of drug-likeness (QED) is 0.592. The van der Waals surface area contributed by atoms with Gasteiger partial charge in [0.1, 0.15) is 22.4 Å². The molecule has 0 bridgehead atoms. The fourth-order valence-electron chi connectivity index (χ4n) is 4.66. The van der Waals surface area contributed by atoms with Gasteiger partial charge in [0, 0.05) is 31.9 Å². The van der Waals surface area contributed by atoms with Crippen LogP contribution in [-0.4, -0.2) is 56.6 Å². The Bertz CT molecular complexity index is 1180. The summed E-state index contributed by atoms with van der Waals surface area (Å²) in [5.41, 5.74) is 6.54. The minimum Gasteiger partial charge on any atom is -0.477 e. The smallest absolute Gasteiger partial charge is 0.341 e. The number of nitrogens with one attached hydrogen (secondary N) is 1. The lowest BCUT2D eigenvalue weighted by Crippen LogP contribution is -2.35. The van der Waals surface area contributed by atoms with E-state index in [1.54, 1.807) is 0 Å². The van der Waals surface area contributed by atoms with E-state index in [2.05, 4.69) is 49.0 Å². The van der Waals surface area contributed by atoms with Crippen LogP contribution in [0.5, 0.6) is 0 Å². The lowest BCUT2D eigenvalue weighted by Gasteiger charge is -2.25. The molecule has 4 heterocycles. The molecule has 3 aromatic rings. The number of carboxylic acids is 1. The topological polar surface area (TPSA) is 128 Å². The first-order valence-corrected chi connectivity index (χ1v) is 9.96. The monoisotopic (exact) mass is 406 g/mol. The number of aromatic amines is 1. The molecule has 1 aromatic carbocycles. The summed E-state index contributed by atoms with van der Waals surface area (Å²) in [5, 5.41) is 9.17. The van der Waals surface area contributed by atoms with Crippen LogP contribution < -0.4 is 16.1 Å². The molecule has 9 heteroatoms. The number of H-pyrrole nitrogens is 1. The van der Waals surface area contributed by atoms with Gasteiger partial charge in [-0.2, -0.15) is 9.97 Å². The maximum absolute atomic E-state index is 12.4. The van der Waals surface area contributed by atoms with Gasteiger partial charge in [-0.25, -0.2) is 4.79 Å². The van der Waals surface area contributed by atoms with Gasteiger partial charge in [0.25, 0.3) is 0 Å². The Hall–Kier alpha value is -3.46. The number of hydrogen-bond donors (Lipinski definition) is 3. The third kappa shape index (κ3) is 3.07. The molecule has 30 heavy (non-hydrogen) atoms. The molecule has 5 rings (SSSR count). The van der Waals surface area contributed by atoms with Gasteiger partial charge in [-0.3, -0.25) is 9.69 Å². The normalized spacial score (nSPS) is 21.3. The van der Waals surface area contributed by atoms with Gasteiger partial charge < -0.3 is 20.7 Å². The summed E-state index contributed by atoms with van der Waals surface area (Å²) >= 11 is 0. The van der Waals surface area contributed by atoms with Gasteiger partial charge in [0.2, 0.25) is 11.4 Å². The number of benzene rings is 1. The van der Waals surface area contributed by atoms with E-state index < -0.39 is 11.4 Å². The average molecular weight is 406 g/mol. The van der Waals surface area contributed by atoms with Crippen molar-refractivity contribution >= 4 is 28.8 Å². The third-order valence-electron chi connectivity index (χ3n) is 6.15. The van der Waals surface area contributed by atoms with Crippen LogP contribution >= 0.6 is 0 Å². The maximum Gasteiger partial charge on any atom is 0.341 e. The highest BCUT2D eigenvalue weighted by atomic mass is 16.4. The van der Waals surface area contributed by atoms with Crippen molar-refractivity contribution in [2.75, 3.05) is 30.3 Å². The standard InChI is InChI=1S/C21H22N6O3/c22-18-16-17(28)14(20(29)30)8-23-19(16)25-21(24-18)27-10-13-6-7-26(15(13)11-27)9-12-4-2-1-3-5-12/h1-5,8,13,15H,6-7,9-11H2,(H,29,30)(H3,22,23,24,25,28). The summed E-state index contributed by atoms with van der Waals surface area (Å²) in [5.74, 6) is -0.319. The first kappa shape index (κ1) is 18.6. The minimum atomic E-state index is -1.31. The van der Waals surface area contributed by atoms with Crippen molar-refractivity contribution in [1.82, 2.24) is 19.9 Å². The average Bonchev–Trinajstić information content (AvgIpc) is 3.30. The van der Waals surface area contributed by atoms with Crippen LogP contribution in [0.25, 0.3) is 11.0 Å². The molecular formula is C21H22N6O3. The summed E-state index contributed by atoms with van der Waals surface area (Å²) in [6.45, 7) is 3.62. The zero-order chi connectivity index (χ0) is 20.8. The Morgan fingerprint density at radius 3 is 2.80 bits per heavy atom. The Kier molecular flexibility index (Phi) is 4.39. The molecule has 2 aliphatic rings. The minimum absolute atomic E-state index is 0.00227. The number of carbonyl (C=O) groups is 1. The molecule has 9 nitrogen and oxygen atoms in total. The number of rotatable bonds is 4. The molecule has 0 saturated carbocycles. The fraction of sp³-hybridized carbons (Fsp3) is 0.333. The molecule has 0 aliphatic carbocycles. The SMILES string of the molecule is Nc1nc(N2CC3CCN(Cc4ccccc4)C3C2)nc2[nH]cc(C(=O)O)c(=O)c12. The van der Waals surface area contributed by atoms with E-state index in [9.17, 15) is 9.59 Å². The number of carboxylic acid groups (broad SMARTS) is 1. The van der Waals surface area contributed by atoms with Gasteiger partial charge in [-0.1, -0.05) is 30.3 Å². The molecule has 4 N–H and O–H groups in total. The number of aromatic carboxylic acids is 1. The van der Waals surface area contributed by atoms with Gasteiger partial charge in [0.15, 0.2) is 0 Å². The highest BCUT2D eigenvalue weighted by Crippen LogP contribution is 2.34. The van der Waals surface area contributed by atoms with Crippen molar-refractivity contribution in [3.8, 4) is 0 Å². The maximum atomic E-state index is 12.4. The van der Waals surface area contributed by atoms with Crippen molar-refractivity contribution in [1.29, 1.82) is 0 Å². The highest BCUT2D eigenvalue weighted by Gasteiger charge is 2.42. The number of nitrogens with zero attached hydrogens (tertiary/aromatic N) is 4. The molecule has 0 amide bonds. The number of hydrogen-bond acceptors (Lipinski definition) is 7. The van der Waals surface area contributed by atoms with Crippen molar-refractivity contribution in [3.05, 3.63) is 57.9 Å². The molecule has 2 aromatic heterocycles. The summed E-state index contributed by atoms with van der Waals surface area (Å²) < 4.78 is 0. The third-order valence-corrected chi connectivity index (χ3v) is 6.15. The van der Waals surface area contributed by atoms with Gasteiger partial charge in [-0.05, 0) is 24.4 Å². The number of nitrogens with two attached hydrogens (primary N) is 1. The largest absolute Gasteiger partial charge is 0.477 e. The number of anilines is 2. The Labute approximate surface area is 172 Å². The van der Waals surface area contributed by atoms with E-state index >= 15 is 0 Å². The summed E-state index contributed by atoms with van der Waals surface area (Å²) in [4.78, 5) is 39.9. The number of aromatic nitrogens is 3. The van der Waals surface area contributed by atoms with Gasteiger partial charge in [-0.15, -0.1) is 0 Å². The second kappa shape index (κ2) is 7.10. The molecule has 2 atom stereocenters. The van der Waals surface area contributed by atoms with Crippen LogP contribution in [0.1, 0.15) is 22.3 Å². The van der Waals surface area contributed by atoms with Crippen molar-refractivity contribution in [2.45, 2.75) is 19.0 Å². The Morgan fingerprint density at radius 2 is 2.03 bits per heavy atom. The summed E-state index contributed by atoms with van der Waals surface area (Å²) in [7, 11) is 0. The molecule has 0 spiro atoms. The first-order valence-electron chi connectivity index (χ1n) is 9.96. The van der Waals surface area contributed by atoms with Crippen LogP contribution in [0, 0.1) is 5.92 Å². The molecule has 154 valence electrons. The van der Waals surface area contributed by atoms with E-state index in [4.69, 9.17) is 10.8 Å². The van der Waals surface area contributed by atoms with Crippen molar-refractivity contribution in [2.24, 2.45) is 5.92 Å². The predicted octanol–water partition coefficient (Wildman–Crippen LogP) is 1.31. The van der Waals surface area contributed by atoms with Gasteiger partial charge >= 0.3 is 5.97 Å². The van der Waals surface area contributed by atoms with Crippen LogP contribution in [0.15, 0.2) is 41.3 Å². The molecule has 2 fully saturated rings. The van der Waals surface area contributed by atoms with E-state index in [1.807, 2.05) is 6.07 Å². The van der Waals surface area contributed by atoms with E-state index in [-0.39, 0.29) is 22.4 Å². The molecule has 0 radical (unpaired) electrons. The summed E-state index contributed by atoms with van der Waals surface area (Å²) in [6, 6.07) is 10.9. The van der Waals surface area contributed by atoms with Crippen LogP contribution in [0.2, 0.25) is 0 Å². The van der Waals surface area contributed by atoms with Crippen LogP contribution in [-0.2, 0) is 6.54 Å². The van der Waals surface area contributed by atoms with Crippen LogP contribution in [0.4, 0.5) is 11.8 Å². The molecule has 2 saturated heterocycles. The number of fused-ring (bicyclic) bond motifs is 2. The summed E-state index contributed by atoms with van der Waals surface area (Å²) in [6.07, 6.45) is 2.28. The molecular weight excluding hydrogens is 384 g/mol.